The number of hydrazine groups is 1. The highest BCUT2D eigenvalue weighted by atomic mass is 79.9. The van der Waals surface area contributed by atoms with Crippen LogP contribution in [0.25, 0.3) is 0 Å². The summed E-state index contributed by atoms with van der Waals surface area (Å²) in [5.74, 6) is -3.17. The van der Waals surface area contributed by atoms with Crippen molar-refractivity contribution >= 4 is 39.3 Å². The van der Waals surface area contributed by atoms with Crippen LogP contribution in [-0.2, 0) is 4.79 Å². The molecule has 0 aliphatic rings. The molecular weight excluding hydrogens is 340 g/mol. The first-order valence-corrected chi connectivity index (χ1v) is 5.51. The van der Waals surface area contributed by atoms with Crippen LogP contribution in [-0.4, -0.2) is 18.0 Å². The lowest BCUT2D eigenvalue weighted by Gasteiger charge is -2.10. The molecule has 1 aromatic carbocycles. The van der Waals surface area contributed by atoms with Crippen molar-refractivity contribution in [3.05, 3.63) is 33.3 Å². The topological polar surface area (TPSA) is 58.2 Å². The summed E-state index contributed by atoms with van der Waals surface area (Å²) in [6.07, 6.45) is -5.06. The molecule has 0 spiro atoms. The number of hydrogen-bond acceptors (Lipinski definition) is 2. The summed E-state index contributed by atoms with van der Waals surface area (Å²) in [7, 11) is 0. The van der Waals surface area contributed by atoms with E-state index in [0.717, 1.165) is 0 Å². The molecule has 98 valence electrons. The molecule has 1 rings (SSSR count). The molecule has 4 nitrogen and oxygen atoms in total. The summed E-state index contributed by atoms with van der Waals surface area (Å²) in [5.41, 5.74) is 2.91. The van der Waals surface area contributed by atoms with Crippen LogP contribution in [0.4, 0.5) is 13.2 Å². The van der Waals surface area contributed by atoms with Crippen LogP contribution in [0.15, 0.2) is 22.7 Å². The molecule has 2 amide bonds. The molecule has 0 heterocycles. The van der Waals surface area contributed by atoms with Crippen molar-refractivity contribution in [2.75, 3.05) is 0 Å². The van der Waals surface area contributed by atoms with Gasteiger partial charge in [-0.2, -0.15) is 13.2 Å². The van der Waals surface area contributed by atoms with Gasteiger partial charge in [-0.25, -0.2) is 0 Å². The fourth-order valence-corrected chi connectivity index (χ4v) is 1.79. The molecule has 1 aromatic rings. The van der Waals surface area contributed by atoms with E-state index in [9.17, 15) is 22.8 Å². The van der Waals surface area contributed by atoms with E-state index in [-0.39, 0.29) is 10.0 Å². The van der Waals surface area contributed by atoms with Crippen LogP contribution in [0.1, 0.15) is 10.4 Å². The highest BCUT2D eigenvalue weighted by molar-refractivity contribution is 9.10. The first-order chi connectivity index (χ1) is 8.21. The Morgan fingerprint density at radius 2 is 1.83 bits per heavy atom. The molecule has 18 heavy (non-hydrogen) atoms. The maximum Gasteiger partial charge on any atom is 0.472 e. The second-order valence-corrected chi connectivity index (χ2v) is 4.32. The fraction of sp³-hybridized carbons (Fsp3) is 0.111. The number of rotatable bonds is 1. The van der Waals surface area contributed by atoms with Gasteiger partial charge in [-0.05, 0) is 34.1 Å². The molecule has 0 aromatic heterocycles. The molecule has 2 N–H and O–H groups in total. The predicted molar refractivity (Wildman–Crippen MR) is 60.8 cm³/mol. The summed E-state index contributed by atoms with van der Waals surface area (Å²) in [5, 5.41) is 0.345. The van der Waals surface area contributed by atoms with Gasteiger partial charge >= 0.3 is 12.1 Å². The fourth-order valence-electron chi connectivity index (χ4n) is 0.925. The van der Waals surface area contributed by atoms with Gasteiger partial charge in [0.05, 0.1) is 5.56 Å². The largest absolute Gasteiger partial charge is 0.472 e. The van der Waals surface area contributed by atoms with Gasteiger partial charge in [-0.3, -0.25) is 20.4 Å². The molecule has 9 heteroatoms. The maximum absolute atomic E-state index is 11.8. The Labute approximate surface area is 113 Å². The molecule has 0 bridgehead atoms. The molecular formula is C9H5BrClF3N2O2. The standard InChI is InChI=1S/C9H5BrClF3N2O2/c10-6-3-4(11)1-2-5(6)7(17)15-16-8(18)9(12,13)14/h1-3H,(H,15,17)(H,16,18). The third-order valence-corrected chi connectivity index (χ3v) is 2.61. The Kier molecular flexibility index (Phi) is 4.58. The molecule has 0 radical (unpaired) electrons. The van der Waals surface area contributed by atoms with E-state index in [1.165, 1.54) is 23.6 Å². The van der Waals surface area contributed by atoms with Gasteiger partial charge in [0, 0.05) is 9.50 Å². The molecule has 0 aliphatic carbocycles. The summed E-state index contributed by atoms with van der Waals surface area (Å²) >= 11 is 8.64. The Morgan fingerprint density at radius 1 is 1.22 bits per heavy atom. The van der Waals surface area contributed by atoms with Crippen molar-refractivity contribution in [2.45, 2.75) is 6.18 Å². The van der Waals surface area contributed by atoms with E-state index in [1.807, 2.05) is 0 Å². The molecule has 0 saturated carbocycles. The SMILES string of the molecule is O=C(NNC(=O)C(F)(F)F)c1ccc(Cl)cc1Br. The summed E-state index contributed by atoms with van der Waals surface area (Å²) in [4.78, 5) is 21.9. The van der Waals surface area contributed by atoms with E-state index in [2.05, 4.69) is 15.9 Å². The van der Waals surface area contributed by atoms with Gasteiger partial charge in [-0.15, -0.1) is 0 Å². The molecule has 0 unspecified atom stereocenters. The normalized spacial score (nSPS) is 10.9. The number of hydrogen-bond donors (Lipinski definition) is 2. The molecule has 0 aliphatic heterocycles. The van der Waals surface area contributed by atoms with Gasteiger partial charge in [0.2, 0.25) is 0 Å². The van der Waals surface area contributed by atoms with Gasteiger partial charge in [0.15, 0.2) is 0 Å². The Bertz CT molecular complexity index is 493. The van der Waals surface area contributed by atoms with E-state index in [1.54, 1.807) is 5.43 Å². The lowest BCUT2D eigenvalue weighted by molar-refractivity contribution is -0.174. The van der Waals surface area contributed by atoms with Gasteiger partial charge in [0.1, 0.15) is 0 Å². The van der Waals surface area contributed by atoms with Crippen molar-refractivity contribution in [1.82, 2.24) is 10.9 Å². The predicted octanol–water partition coefficient (Wildman–Crippen LogP) is 2.43. The number of carbonyl (C=O) groups is 2. The third kappa shape index (κ3) is 3.88. The van der Waals surface area contributed by atoms with E-state index in [0.29, 0.717) is 5.02 Å². The van der Waals surface area contributed by atoms with Crippen LogP contribution in [0, 0.1) is 0 Å². The van der Waals surface area contributed by atoms with E-state index in [4.69, 9.17) is 11.6 Å². The quantitative estimate of drug-likeness (QED) is 0.768. The number of halogens is 5. The zero-order chi connectivity index (χ0) is 13.9. The van der Waals surface area contributed by atoms with Crippen molar-refractivity contribution in [3.63, 3.8) is 0 Å². The minimum atomic E-state index is -5.06. The van der Waals surface area contributed by atoms with Gasteiger partial charge in [0.25, 0.3) is 5.91 Å². The summed E-state index contributed by atoms with van der Waals surface area (Å²) in [6, 6.07) is 4.07. The van der Waals surface area contributed by atoms with Crippen LogP contribution in [0.2, 0.25) is 5.02 Å². The molecule has 0 atom stereocenters. The number of benzene rings is 1. The van der Waals surface area contributed by atoms with Crippen LogP contribution in [0.5, 0.6) is 0 Å². The second-order valence-electron chi connectivity index (χ2n) is 3.03. The first-order valence-electron chi connectivity index (χ1n) is 4.34. The molecule has 0 saturated heterocycles. The van der Waals surface area contributed by atoms with E-state index < -0.39 is 18.0 Å². The minimum absolute atomic E-state index is 0.0295. The first kappa shape index (κ1) is 14.8. The Balaban J connectivity index is 2.70. The number of alkyl halides is 3. The average Bonchev–Trinajstić information content (AvgIpc) is 2.24. The van der Waals surface area contributed by atoms with Crippen molar-refractivity contribution in [3.8, 4) is 0 Å². The van der Waals surface area contributed by atoms with Crippen LogP contribution in [0.3, 0.4) is 0 Å². The smallest absolute Gasteiger partial charge is 0.267 e. The Morgan fingerprint density at radius 3 is 2.33 bits per heavy atom. The molecule has 0 fully saturated rings. The lowest BCUT2D eigenvalue weighted by atomic mass is 10.2. The third-order valence-electron chi connectivity index (χ3n) is 1.72. The van der Waals surface area contributed by atoms with Gasteiger partial charge in [-0.1, -0.05) is 11.6 Å². The zero-order valence-corrected chi connectivity index (χ0v) is 10.8. The minimum Gasteiger partial charge on any atom is -0.267 e. The zero-order valence-electron chi connectivity index (χ0n) is 8.44. The van der Waals surface area contributed by atoms with Crippen LogP contribution >= 0.6 is 27.5 Å². The van der Waals surface area contributed by atoms with Gasteiger partial charge < -0.3 is 0 Å². The van der Waals surface area contributed by atoms with Crippen molar-refractivity contribution in [1.29, 1.82) is 0 Å². The summed E-state index contributed by atoms with van der Waals surface area (Å²) in [6.45, 7) is 0. The highest BCUT2D eigenvalue weighted by Gasteiger charge is 2.39. The highest BCUT2D eigenvalue weighted by Crippen LogP contribution is 2.21. The monoisotopic (exact) mass is 344 g/mol. The van der Waals surface area contributed by atoms with Crippen molar-refractivity contribution < 1.29 is 22.8 Å². The summed E-state index contributed by atoms with van der Waals surface area (Å²) < 4.78 is 35.8. The number of nitrogens with one attached hydrogen (secondary N) is 2. The number of amides is 2. The Hall–Kier alpha value is -1.28. The maximum atomic E-state index is 11.8. The van der Waals surface area contributed by atoms with Crippen LogP contribution < -0.4 is 10.9 Å². The average molecular weight is 346 g/mol. The van der Waals surface area contributed by atoms with Crippen molar-refractivity contribution in [2.24, 2.45) is 0 Å². The second kappa shape index (κ2) is 5.57. The number of carbonyl (C=O) groups excluding carboxylic acids is 2. The van der Waals surface area contributed by atoms with E-state index >= 15 is 0 Å². The lowest BCUT2D eigenvalue weighted by Crippen LogP contribution is -2.47.